The largest absolute Gasteiger partial charge is 0.419 e. The van der Waals surface area contributed by atoms with Gasteiger partial charge in [-0.1, -0.05) is 6.07 Å². The Morgan fingerprint density at radius 3 is 2.30 bits per heavy atom. The van der Waals surface area contributed by atoms with Crippen LogP contribution >= 0.6 is 11.3 Å². The molecule has 0 aliphatic heterocycles. The summed E-state index contributed by atoms with van der Waals surface area (Å²) >= 11 is 1.52. The lowest BCUT2D eigenvalue weighted by atomic mass is 10.0. The highest BCUT2D eigenvalue weighted by Crippen LogP contribution is 2.34. The quantitative estimate of drug-likeness (QED) is 0.822. The van der Waals surface area contributed by atoms with Crippen LogP contribution in [0.4, 0.5) is 17.6 Å². The summed E-state index contributed by atoms with van der Waals surface area (Å²) in [6.45, 7) is 1.94. The fourth-order valence-electron chi connectivity index (χ4n) is 2.02. The van der Waals surface area contributed by atoms with Crippen molar-refractivity contribution in [3.05, 3.63) is 57.0 Å². The van der Waals surface area contributed by atoms with E-state index < -0.39 is 17.6 Å². The molecule has 0 radical (unpaired) electrons. The van der Waals surface area contributed by atoms with E-state index in [4.69, 9.17) is 0 Å². The van der Waals surface area contributed by atoms with E-state index in [1.165, 1.54) is 17.4 Å². The molecular weight excluding hydrogens is 290 g/mol. The number of aryl methyl sites for hydroxylation is 1. The number of hydrogen-bond acceptors (Lipinski definition) is 2. The zero-order valence-corrected chi connectivity index (χ0v) is 11.7. The summed E-state index contributed by atoms with van der Waals surface area (Å²) in [4.78, 5) is 2.02. The molecule has 0 fully saturated rings. The van der Waals surface area contributed by atoms with Crippen LogP contribution in [0.15, 0.2) is 30.3 Å². The van der Waals surface area contributed by atoms with E-state index in [1.54, 1.807) is 7.05 Å². The average molecular weight is 303 g/mol. The Hall–Kier alpha value is -1.40. The van der Waals surface area contributed by atoms with Gasteiger partial charge in [-0.25, -0.2) is 4.39 Å². The molecular formula is C14H13F4NS. The lowest BCUT2D eigenvalue weighted by Crippen LogP contribution is -2.17. The molecule has 1 aromatic carbocycles. The van der Waals surface area contributed by atoms with Gasteiger partial charge < -0.3 is 5.32 Å². The zero-order chi connectivity index (χ0) is 14.9. The first kappa shape index (κ1) is 15.0. The molecule has 108 valence electrons. The van der Waals surface area contributed by atoms with E-state index in [1.807, 2.05) is 19.1 Å². The first-order valence-corrected chi connectivity index (χ1v) is 6.75. The van der Waals surface area contributed by atoms with Gasteiger partial charge in [-0.3, -0.25) is 0 Å². The van der Waals surface area contributed by atoms with E-state index in [0.717, 1.165) is 21.9 Å². The van der Waals surface area contributed by atoms with Crippen LogP contribution in [0.25, 0.3) is 0 Å². The first-order chi connectivity index (χ1) is 9.32. The molecule has 6 heteroatoms. The van der Waals surface area contributed by atoms with Gasteiger partial charge in [0.2, 0.25) is 0 Å². The van der Waals surface area contributed by atoms with Crippen molar-refractivity contribution in [2.24, 2.45) is 0 Å². The third-order valence-corrected chi connectivity index (χ3v) is 4.03. The normalized spacial score (nSPS) is 13.5. The summed E-state index contributed by atoms with van der Waals surface area (Å²) < 4.78 is 51.2. The molecule has 1 nitrogen and oxygen atoms in total. The molecule has 0 saturated carbocycles. The molecule has 1 aromatic heterocycles. The maximum atomic E-state index is 13.6. The summed E-state index contributed by atoms with van der Waals surface area (Å²) in [6, 6.07) is 6.53. The number of benzene rings is 1. The Bertz CT molecular complexity index is 603. The Labute approximate surface area is 118 Å². The Kier molecular flexibility index (Phi) is 4.15. The Morgan fingerprint density at radius 2 is 1.85 bits per heavy atom. The molecule has 0 bridgehead atoms. The number of nitrogens with one attached hydrogen (secondary N) is 1. The van der Waals surface area contributed by atoms with Crippen molar-refractivity contribution in [3.63, 3.8) is 0 Å². The fraction of sp³-hybridized carbons (Fsp3) is 0.286. The van der Waals surface area contributed by atoms with Crippen LogP contribution in [0, 0.1) is 12.7 Å². The molecule has 0 spiro atoms. The highest BCUT2D eigenvalue weighted by Gasteiger charge is 2.34. The van der Waals surface area contributed by atoms with Crippen LogP contribution < -0.4 is 5.32 Å². The van der Waals surface area contributed by atoms with Crippen molar-refractivity contribution in [1.82, 2.24) is 5.32 Å². The standard InChI is InChI=1S/C14H13F4NS/c1-8-3-6-12(20-8)13(19-2)9-4-5-10(11(15)7-9)14(16,17)18/h3-7,13,19H,1-2H3. The third-order valence-electron chi connectivity index (χ3n) is 2.97. The van der Waals surface area contributed by atoms with Gasteiger partial charge in [-0.15, -0.1) is 11.3 Å². The molecule has 2 aromatic rings. The molecule has 0 amide bonds. The number of alkyl halides is 3. The number of rotatable bonds is 3. The Morgan fingerprint density at radius 1 is 1.15 bits per heavy atom. The van der Waals surface area contributed by atoms with Crippen LogP contribution in [0.5, 0.6) is 0 Å². The molecule has 1 unspecified atom stereocenters. The first-order valence-electron chi connectivity index (χ1n) is 5.93. The number of hydrogen-bond donors (Lipinski definition) is 1. The third kappa shape index (κ3) is 3.02. The van der Waals surface area contributed by atoms with E-state index >= 15 is 0 Å². The summed E-state index contributed by atoms with van der Waals surface area (Å²) in [5.41, 5.74) is -0.765. The predicted octanol–water partition coefficient (Wildman–Crippen LogP) is 4.52. The molecule has 1 atom stereocenters. The van der Waals surface area contributed by atoms with Crippen molar-refractivity contribution in [2.45, 2.75) is 19.1 Å². The minimum atomic E-state index is -4.67. The van der Waals surface area contributed by atoms with Crippen LogP contribution in [0.3, 0.4) is 0 Å². The van der Waals surface area contributed by atoms with Crippen molar-refractivity contribution < 1.29 is 17.6 Å². The van der Waals surface area contributed by atoms with Crippen LogP contribution in [-0.2, 0) is 6.18 Å². The van der Waals surface area contributed by atoms with E-state index in [0.29, 0.717) is 5.56 Å². The van der Waals surface area contributed by atoms with Gasteiger partial charge in [0.25, 0.3) is 0 Å². The molecule has 2 rings (SSSR count). The van der Waals surface area contributed by atoms with Crippen LogP contribution in [0.2, 0.25) is 0 Å². The second kappa shape index (κ2) is 5.54. The topological polar surface area (TPSA) is 12.0 Å². The summed E-state index contributed by atoms with van der Waals surface area (Å²) in [6.07, 6.45) is -4.67. The summed E-state index contributed by atoms with van der Waals surface area (Å²) in [5.74, 6) is -1.25. The summed E-state index contributed by atoms with van der Waals surface area (Å²) in [5, 5.41) is 3.00. The lowest BCUT2D eigenvalue weighted by molar-refractivity contribution is -0.140. The van der Waals surface area contributed by atoms with E-state index in [-0.39, 0.29) is 6.04 Å². The number of thiophene rings is 1. The van der Waals surface area contributed by atoms with Gasteiger partial charge >= 0.3 is 6.18 Å². The van der Waals surface area contributed by atoms with Crippen LogP contribution in [0.1, 0.15) is 26.9 Å². The number of halogens is 4. The average Bonchev–Trinajstić information content (AvgIpc) is 2.75. The minimum Gasteiger partial charge on any atom is -0.309 e. The Balaban J connectivity index is 2.39. The van der Waals surface area contributed by atoms with Gasteiger partial charge in [0.1, 0.15) is 5.82 Å². The molecule has 0 aliphatic carbocycles. The smallest absolute Gasteiger partial charge is 0.309 e. The SMILES string of the molecule is CNC(c1ccc(C(F)(F)F)c(F)c1)c1ccc(C)s1. The van der Waals surface area contributed by atoms with Crippen molar-refractivity contribution in [2.75, 3.05) is 7.05 Å². The zero-order valence-electron chi connectivity index (χ0n) is 10.9. The van der Waals surface area contributed by atoms with Gasteiger partial charge in [0.15, 0.2) is 0 Å². The van der Waals surface area contributed by atoms with E-state index in [2.05, 4.69) is 5.32 Å². The second-order valence-corrected chi connectivity index (χ2v) is 5.73. The molecule has 0 saturated heterocycles. The maximum absolute atomic E-state index is 13.6. The van der Waals surface area contributed by atoms with Crippen molar-refractivity contribution >= 4 is 11.3 Å². The second-order valence-electron chi connectivity index (χ2n) is 4.41. The molecule has 20 heavy (non-hydrogen) atoms. The maximum Gasteiger partial charge on any atom is 0.419 e. The van der Waals surface area contributed by atoms with Gasteiger partial charge in [0, 0.05) is 9.75 Å². The van der Waals surface area contributed by atoms with Crippen molar-refractivity contribution in [3.8, 4) is 0 Å². The monoisotopic (exact) mass is 303 g/mol. The fourth-order valence-corrected chi connectivity index (χ4v) is 3.04. The predicted molar refractivity (Wildman–Crippen MR) is 71.4 cm³/mol. The van der Waals surface area contributed by atoms with Crippen molar-refractivity contribution in [1.29, 1.82) is 0 Å². The minimum absolute atomic E-state index is 0.314. The highest BCUT2D eigenvalue weighted by atomic mass is 32.1. The lowest BCUT2D eigenvalue weighted by Gasteiger charge is -2.16. The highest BCUT2D eigenvalue weighted by molar-refractivity contribution is 7.12. The molecule has 1 N–H and O–H groups in total. The molecule has 0 aliphatic rings. The van der Waals surface area contributed by atoms with E-state index in [9.17, 15) is 17.6 Å². The van der Waals surface area contributed by atoms with Crippen LogP contribution in [-0.4, -0.2) is 7.05 Å². The van der Waals surface area contributed by atoms with Gasteiger partial charge in [0.05, 0.1) is 11.6 Å². The van der Waals surface area contributed by atoms with Gasteiger partial charge in [-0.05, 0) is 43.8 Å². The summed E-state index contributed by atoms with van der Waals surface area (Å²) in [7, 11) is 1.69. The molecule has 1 heterocycles. The van der Waals surface area contributed by atoms with Gasteiger partial charge in [-0.2, -0.15) is 13.2 Å².